The molecule has 0 unspecified atom stereocenters. The maximum atomic E-state index is 11.7. The maximum absolute atomic E-state index is 11.7. The Balaban J connectivity index is 1.71. The van der Waals surface area contributed by atoms with Crippen molar-refractivity contribution in [3.63, 3.8) is 0 Å². The lowest BCUT2D eigenvalue weighted by molar-refractivity contribution is -0.122. The number of rotatable bonds is 8. The second kappa shape index (κ2) is 6.35. The number of aryl methyl sites for hydroxylation is 1. The van der Waals surface area contributed by atoms with Crippen molar-refractivity contribution in [2.45, 2.75) is 63.9 Å². The summed E-state index contributed by atoms with van der Waals surface area (Å²) < 4.78 is 5.11. The van der Waals surface area contributed by atoms with Gasteiger partial charge in [-0.25, -0.2) is 0 Å². The monoisotopic (exact) mass is 281 g/mol. The largest absolute Gasteiger partial charge is 0.388 e. The molecule has 0 aromatic carbocycles. The van der Waals surface area contributed by atoms with E-state index in [2.05, 4.69) is 15.5 Å². The molecule has 1 aliphatic rings. The van der Waals surface area contributed by atoms with Gasteiger partial charge in [-0.1, -0.05) is 19.0 Å². The van der Waals surface area contributed by atoms with Gasteiger partial charge < -0.3 is 14.9 Å². The highest BCUT2D eigenvalue weighted by molar-refractivity contribution is 5.76. The highest BCUT2D eigenvalue weighted by atomic mass is 16.5. The van der Waals surface area contributed by atoms with Gasteiger partial charge in [0, 0.05) is 25.3 Å². The summed E-state index contributed by atoms with van der Waals surface area (Å²) >= 11 is 0. The molecule has 1 aliphatic carbocycles. The first-order valence-electron chi connectivity index (χ1n) is 7.38. The van der Waals surface area contributed by atoms with Crippen LogP contribution in [-0.4, -0.2) is 33.3 Å². The fourth-order valence-corrected chi connectivity index (χ4v) is 1.95. The molecule has 0 aliphatic heterocycles. The number of amides is 1. The van der Waals surface area contributed by atoms with Crippen molar-refractivity contribution >= 4 is 5.91 Å². The molecule has 0 atom stereocenters. The lowest BCUT2D eigenvalue weighted by Gasteiger charge is -2.25. The zero-order valence-corrected chi connectivity index (χ0v) is 12.2. The van der Waals surface area contributed by atoms with Gasteiger partial charge >= 0.3 is 0 Å². The molecule has 1 saturated carbocycles. The van der Waals surface area contributed by atoms with E-state index in [1.807, 2.05) is 13.8 Å². The lowest BCUT2D eigenvalue weighted by Crippen LogP contribution is -2.42. The molecule has 20 heavy (non-hydrogen) atoms. The molecule has 1 fully saturated rings. The molecule has 1 heterocycles. The predicted molar refractivity (Wildman–Crippen MR) is 73.1 cm³/mol. The van der Waals surface area contributed by atoms with Crippen LogP contribution in [0.3, 0.4) is 0 Å². The van der Waals surface area contributed by atoms with Crippen LogP contribution in [0.25, 0.3) is 0 Å². The van der Waals surface area contributed by atoms with E-state index in [9.17, 15) is 9.90 Å². The summed E-state index contributed by atoms with van der Waals surface area (Å²) in [6.45, 7) is 4.11. The van der Waals surface area contributed by atoms with Gasteiger partial charge in [0.05, 0.1) is 5.60 Å². The second-order valence-corrected chi connectivity index (χ2v) is 5.53. The molecule has 1 aromatic heterocycles. The van der Waals surface area contributed by atoms with Gasteiger partial charge in [-0.2, -0.15) is 4.98 Å². The normalized spacial score (nSPS) is 15.3. The number of aromatic nitrogens is 2. The molecule has 112 valence electrons. The molecule has 0 spiro atoms. The van der Waals surface area contributed by atoms with Crippen molar-refractivity contribution in [2.24, 2.45) is 0 Å². The number of carbonyl (C=O) groups excluding carboxylic acids is 1. The van der Waals surface area contributed by atoms with Crippen LogP contribution in [0.1, 0.15) is 63.6 Å². The van der Waals surface area contributed by atoms with Crippen LogP contribution >= 0.6 is 0 Å². The van der Waals surface area contributed by atoms with Gasteiger partial charge in [0.15, 0.2) is 5.82 Å². The Labute approximate surface area is 118 Å². The predicted octanol–water partition coefficient (Wildman–Crippen LogP) is 1.55. The van der Waals surface area contributed by atoms with E-state index in [0.29, 0.717) is 37.5 Å². The molecule has 2 N–H and O–H groups in total. The van der Waals surface area contributed by atoms with Crippen LogP contribution in [0.5, 0.6) is 0 Å². The lowest BCUT2D eigenvalue weighted by atomic mass is 9.97. The summed E-state index contributed by atoms with van der Waals surface area (Å²) in [5.74, 6) is 1.65. The number of nitrogens with one attached hydrogen (secondary N) is 1. The molecule has 1 aromatic rings. The Morgan fingerprint density at radius 3 is 2.75 bits per heavy atom. The van der Waals surface area contributed by atoms with E-state index < -0.39 is 5.60 Å². The third kappa shape index (κ3) is 4.03. The Kier molecular flexibility index (Phi) is 4.75. The fraction of sp³-hybridized carbons (Fsp3) is 0.786. The minimum atomic E-state index is -0.806. The summed E-state index contributed by atoms with van der Waals surface area (Å²) in [5, 5.41) is 16.7. The van der Waals surface area contributed by atoms with E-state index in [1.54, 1.807) is 0 Å². The highest BCUT2D eigenvalue weighted by Gasteiger charge is 2.28. The van der Waals surface area contributed by atoms with Gasteiger partial charge in [-0.15, -0.1) is 0 Å². The van der Waals surface area contributed by atoms with Crippen LogP contribution in [0.2, 0.25) is 0 Å². The third-order valence-corrected chi connectivity index (χ3v) is 3.92. The van der Waals surface area contributed by atoms with Crippen LogP contribution in [-0.2, 0) is 11.2 Å². The number of hydrogen-bond donors (Lipinski definition) is 2. The topological polar surface area (TPSA) is 88.2 Å². The third-order valence-electron chi connectivity index (χ3n) is 3.92. The van der Waals surface area contributed by atoms with E-state index in [0.717, 1.165) is 18.7 Å². The summed E-state index contributed by atoms with van der Waals surface area (Å²) in [6, 6.07) is 0. The zero-order chi connectivity index (χ0) is 14.6. The number of aliphatic hydroxyl groups is 1. The summed E-state index contributed by atoms with van der Waals surface area (Å²) in [6.07, 6.45) is 4.26. The average molecular weight is 281 g/mol. The summed E-state index contributed by atoms with van der Waals surface area (Å²) in [4.78, 5) is 16.0. The van der Waals surface area contributed by atoms with E-state index in [1.165, 1.54) is 0 Å². The van der Waals surface area contributed by atoms with Gasteiger partial charge in [0.2, 0.25) is 11.8 Å². The minimum Gasteiger partial charge on any atom is -0.388 e. The van der Waals surface area contributed by atoms with E-state index in [4.69, 9.17) is 4.52 Å². The Hall–Kier alpha value is -1.43. The molecule has 0 radical (unpaired) electrons. The van der Waals surface area contributed by atoms with Crippen LogP contribution < -0.4 is 5.32 Å². The van der Waals surface area contributed by atoms with Crippen molar-refractivity contribution in [1.29, 1.82) is 0 Å². The van der Waals surface area contributed by atoms with Crippen molar-refractivity contribution in [1.82, 2.24) is 15.5 Å². The molecule has 2 rings (SSSR count). The second-order valence-electron chi connectivity index (χ2n) is 5.53. The first-order chi connectivity index (χ1) is 9.56. The number of hydrogen-bond acceptors (Lipinski definition) is 5. The van der Waals surface area contributed by atoms with Crippen LogP contribution in [0, 0.1) is 0 Å². The Morgan fingerprint density at radius 1 is 1.45 bits per heavy atom. The number of nitrogens with zero attached hydrogens (tertiary/aromatic N) is 2. The Morgan fingerprint density at radius 2 is 2.15 bits per heavy atom. The quantitative estimate of drug-likeness (QED) is 0.754. The maximum Gasteiger partial charge on any atom is 0.227 e. The summed E-state index contributed by atoms with van der Waals surface area (Å²) in [7, 11) is 0. The van der Waals surface area contributed by atoms with Gasteiger partial charge in [0.25, 0.3) is 0 Å². The SMILES string of the molecule is CCC(O)(CC)CNC(=O)CCc1nc(C2CC2)no1. The van der Waals surface area contributed by atoms with Crippen molar-refractivity contribution in [3.8, 4) is 0 Å². The molecule has 6 nitrogen and oxygen atoms in total. The van der Waals surface area contributed by atoms with Crippen LogP contribution in [0.15, 0.2) is 4.52 Å². The van der Waals surface area contributed by atoms with Crippen molar-refractivity contribution in [3.05, 3.63) is 11.7 Å². The highest BCUT2D eigenvalue weighted by Crippen LogP contribution is 2.38. The smallest absolute Gasteiger partial charge is 0.227 e. The van der Waals surface area contributed by atoms with Crippen molar-refractivity contribution < 1.29 is 14.4 Å². The van der Waals surface area contributed by atoms with E-state index in [-0.39, 0.29) is 12.5 Å². The van der Waals surface area contributed by atoms with Gasteiger partial charge in [-0.3, -0.25) is 4.79 Å². The molecule has 1 amide bonds. The molecule has 0 bridgehead atoms. The Bertz CT molecular complexity index is 450. The minimum absolute atomic E-state index is 0.100. The standard InChI is InChI=1S/C14H23N3O3/c1-3-14(19,4-2)9-15-11(18)7-8-12-16-13(17-20-12)10-5-6-10/h10,19H,3-9H2,1-2H3,(H,15,18). The average Bonchev–Trinajstić information content (AvgIpc) is 3.21. The first-order valence-corrected chi connectivity index (χ1v) is 7.38. The molecular weight excluding hydrogens is 258 g/mol. The van der Waals surface area contributed by atoms with Gasteiger partial charge in [-0.05, 0) is 25.7 Å². The zero-order valence-electron chi connectivity index (χ0n) is 12.2. The van der Waals surface area contributed by atoms with Crippen LogP contribution in [0.4, 0.5) is 0 Å². The fourth-order valence-electron chi connectivity index (χ4n) is 1.95. The molecule has 6 heteroatoms. The summed E-state index contributed by atoms with van der Waals surface area (Å²) in [5.41, 5.74) is -0.806. The molecular formula is C14H23N3O3. The van der Waals surface area contributed by atoms with Gasteiger partial charge in [0.1, 0.15) is 0 Å². The first kappa shape index (κ1) is 15.0. The van der Waals surface area contributed by atoms with Crippen molar-refractivity contribution in [2.75, 3.05) is 6.54 Å². The van der Waals surface area contributed by atoms with E-state index >= 15 is 0 Å². The number of carbonyl (C=O) groups is 1. The molecule has 0 saturated heterocycles.